The number of aromatic carboxylic acids is 1. The Kier molecular flexibility index (Phi) is 2.68. The molecule has 0 atom stereocenters. The monoisotopic (exact) mass is 274 g/mol. The number of fused-ring (bicyclic) bond motifs is 1. The van der Waals surface area contributed by atoms with E-state index in [0.29, 0.717) is 11.5 Å². The van der Waals surface area contributed by atoms with E-state index in [-0.39, 0.29) is 4.88 Å². The van der Waals surface area contributed by atoms with Crippen LogP contribution < -0.4 is 5.32 Å². The van der Waals surface area contributed by atoms with Gasteiger partial charge in [-0.1, -0.05) is 0 Å². The van der Waals surface area contributed by atoms with Crippen molar-refractivity contribution in [3.8, 4) is 0 Å². The van der Waals surface area contributed by atoms with Gasteiger partial charge in [-0.2, -0.15) is 0 Å². The van der Waals surface area contributed by atoms with Crippen LogP contribution in [0.25, 0.3) is 11.0 Å². The Labute approximate surface area is 112 Å². The Morgan fingerprint density at radius 2 is 2.32 bits per heavy atom. The second kappa shape index (κ2) is 4.36. The molecule has 96 valence electrons. The minimum atomic E-state index is -0.950. The zero-order valence-corrected chi connectivity index (χ0v) is 10.8. The van der Waals surface area contributed by atoms with E-state index in [9.17, 15) is 4.79 Å². The van der Waals surface area contributed by atoms with Gasteiger partial charge in [0, 0.05) is 6.20 Å². The van der Waals surface area contributed by atoms with Crippen molar-refractivity contribution in [2.45, 2.75) is 6.92 Å². The molecule has 0 aromatic carbocycles. The highest BCUT2D eigenvalue weighted by atomic mass is 32.1. The van der Waals surface area contributed by atoms with Gasteiger partial charge in [0.25, 0.3) is 0 Å². The minimum absolute atomic E-state index is 0.264. The molecule has 3 rings (SSSR count). The number of thiophene rings is 1. The van der Waals surface area contributed by atoms with Gasteiger partial charge in [-0.3, -0.25) is 0 Å². The number of aromatic nitrogens is 3. The molecule has 0 spiro atoms. The lowest BCUT2D eigenvalue weighted by molar-refractivity contribution is 0.0703. The quantitative estimate of drug-likeness (QED) is 0.683. The Bertz CT molecular complexity index is 762. The van der Waals surface area contributed by atoms with Crippen molar-refractivity contribution in [3.05, 3.63) is 34.4 Å². The van der Waals surface area contributed by atoms with Crippen LogP contribution in [0.3, 0.4) is 0 Å². The summed E-state index contributed by atoms with van der Waals surface area (Å²) in [5, 5.41) is 14.8. The fraction of sp³-hybridized carbons (Fsp3) is 0.0833. The van der Waals surface area contributed by atoms with E-state index in [1.807, 2.05) is 13.1 Å². The Morgan fingerprint density at radius 3 is 3.11 bits per heavy atom. The van der Waals surface area contributed by atoms with E-state index >= 15 is 0 Å². The topological polar surface area (TPSA) is 90.9 Å². The van der Waals surface area contributed by atoms with Crippen molar-refractivity contribution < 1.29 is 9.90 Å². The average molecular weight is 274 g/mol. The van der Waals surface area contributed by atoms with Gasteiger partial charge in [0.15, 0.2) is 0 Å². The number of hydrogen-bond donors (Lipinski definition) is 3. The lowest BCUT2D eigenvalue weighted by Gasteiger charge is -2.06. The zero-order valence-electron chi connectivity index (χ0n) is 9.97. The summed E-state index contributed by atoms with van der Waals surface area (Å²) in [6, 6.07) is 1.73. The maximum Gasteiger partial charge on any atom is 0.348 e. The normalized spacial score (nSPS) is 10.8. The summed E-state index contributed by atoms with van der Waals surface area (Å²) >= 11 is 1.18. The van der Waals surface area contributed by atoms with Gasteiger partial charge in [-0.25, -0.2) is 14.8 Å². The van der Waals surface area contributed by atoms with Gasteiger partial charge in [0.2, 0.25) is 0 Å². The minimum Gasteiger partial charge on any atom is -0.477 e. The lowest BCUT2D eigenvalue weighted by atomic mass is 10.2. The van der Waals surface area contributed by atoms with Crippen molar-refractivity contribution in [1.29, 1.82) is 0 Å². The zero-order chi connectivity index (χ0) is 13.4. The first-order chi connectivity index (χ1) is 9.16. The predicted octanol–water partition coefficient (Wildman–Crippen LogP) is 2.77. The van der Waals surface area contributed by atoms with Gasteiger partial charge in [-0.05, 0) is 23.9 Å². The highest BCUT2D eigenvalue weighted by Crippen LogP contribution is 2.29. The van der Waals surface area contributed by atoms with Gasteiger partial charge in [0.05, 0.1) is 11.1 Å². The Balaban J connectivity index is 2.08. The molecule has 0 unspecified atom stereocenters. The van der Waals surface area contributed by atoms with Crippen molar-refractivity contribution in [2.75, 3.05) is 5.32 Å². The van der Waals surface area contributed by atoms with E-state index in [1.54, 1.807) is 11.4 Å². The summed E-state index contributed by atoms with van der Waals surface area (Å²) in [6.45, 7) is 1.94. The van der Waals surface area contributed by atoms with Crippen molar-refractivity contribution in [2.24, 2.45) is 0 Å². The van der Waals surface area contributed by atoms with Crippen LogP contribution in [0.1, 0.15) is 15.2 Å². The number of hydrogen-bond acceptors (Lipinski definition) is 5. The molecule has 3 heterocycles. The molecule has 7 heteroatoms. The molecule has 0 fully saturated rings. The third-order valence-electron chi connectivity index (χ3n) is 2.78. The molecule has 3 aromatic heterocycles. The van der Waals surface area contributed by atoms with Crippen LogP contribution in [-0.2, 0) is 0 Å². The number of nitrogens with one attached hydrogen (secondary N) is 2. The summed E-state index contributed by atoms with van der Waals surface area (Å²) in [7, 11) is 0. The highest BCUT2D eigenvalue weighted by molar-refractivity contribution is 7.12. The molecule has 0 aliphatic carbocycles. The van der Waals surface area contributed by atoms with Gasteiger partial charge in [0.1, 0.15) is 22.7 Å². The number of aryl methyl sites for hydroxylation is 1. The predicted molar refractivity (Wildman–Crippen MR) is 73.2 cm³/mol. The molecule has 3 aromatic rings. The fourth-order valence-corrected chi connectivity index (χ4v) is 2.60. The Hall–Kier alpha value is -2.41. The summed E-state index contributed by atoms with van der Waals surface area (Å²) in [4.78, 5) is 22.7. The molecule has 0 saturated carbocycles. The summed E-state index contributed by atoms with van der Waals surface area (Å²) in [5.41, 5.74) is 2.27. The first kappa shape index (κ1) is 11.7. The molecule has 0 bridgehead atoms. The second-order valence-corrected chi connectivity index (χ2v) is 4.93. The largest absolute Gasteiger partial charge is 0.477 e. The van der Waals surface area contributed by atoms with E-state index < -0.39 is 5.97 Å². The van der Waals surface area contributed by atoms with Crippen molar-refractivity contribution >= 4 is 39.8 Å². The number of carboxylic acid groups (broad SMARTS) is 1. The van der Waals surface area contributed by atoms with E-state index in [2.05, 4.69) is 20.3 Å². The van der Waals surface area contributed by atoms with Crippen LogP contribution in [0, 0.1) is 6.92 Å². The SMILES string of the molecule is Cc1c[nH]c2ncnc(Nc3ccsc3C(=O)O)c12. The molecular formula is C12H10N4O2S. The van der Waals surface area contributed by atoms with E-state index in [0.717, 1.165) is 16.6 Å². The van der Waals surface area contributed by atoms with E-state index in [1.165, 1.54) is 17.7 Å². The summed E-state index contributed by atoms with van der Waals surface area (Å²) < 4.78 is 0. The number of carboxylic acids is 1. The molecule has 3 N–H and O–H groups in total. The van der Waals surface area contributed by atoms with Crippen LogP contribution >= 0.6 is 11.3 Å². The molecule has 0 amide bonds. The van der Waals surface area contributed by atoms with Gasteiger partial charge in [-0.15, -0.1) is 11.3 Å². The van der Waals surface area contributed by atoms with Gasteiger partial charge >= 0.3 is 5.97 Å². The van der Waals surface area contributed by atoms with E-state index in [4.69, 9.17) is 5.11 Å². The molecule has 19 heavy (non-hydrogen) atoms. The molecule has 6 nitrogen and oxygen atoms in total. The van der Waals surface area contributed by atoms with Gasteiger partial charge < -0.3 is 15.4 Å². The van der Waals surface area contributed by atoms with Crippen LogP contribution in [0.2, 0.25) is 0 Å². The number of nitrogens with zero attached hydrogens (tertiary/aromatic N) is 2. The lowest BCUT2D eigenvalue weighted by Crippen LogP contribution is -2.00. The number of anilines is 2. The van der Waals surface area contributed by atoms with Crippen molar-refractivity contribution in [1.82, 2.24) is 15.0 Å². The number of H-pyrrole nitrogens is 1. The third-order valence-corrected chi connectivity index (χ3v) is 3.68. The van der Waals surface area contributed by atoms with Crippen LogP contribution in [0.4, 0.5) is 11.5 Å². The standard InChI is InChI=1S/C12H10N4O2S/c1-6-4-13-10-8(6)11(15-5-14-10)16-7-2-3-19-9(7)12(17)18/h2-5H,1H3,(H,17,18)(H2,13,14,15,16). The number of rotatable bonds is 3. The maximum atomic E-state index is 11.1. The first-order valence-corrected chi connectivity index (χ1v) is 6.41. The molecular weight excluding hydrogens is 264 g/mol. The number of carbonyl (C=O) groups is 1. The summed E-state index contributed by atoms with van der Waals surface area (Å²) in [6.07, 6.45) is 3.28. The maximum absolute atomic E-state index is 11.1. The smallest absolute Gasteiger partial charge is 0.348 e. The molecule has 0 aliphatic rings. The number of aromatic amines is 1. The molecule has 0 aliphatic heterocycles. The average Bonchev–Trinajstić information content (AvgIpc) is 2.97. The first-order valence-electron chi connectivity index (χ1n) is 5.53. The van der Waals surface area contributed by atoms with Crippen molar-refractivity contribution in [3.63, 3.8) is 0 Å². The second-order valence-electron chi connectivity index (χ2n) is 4.01. The van der Waals surface area contributed by atoms with Crippen LogP contribution in [-0.4, -0.2) is 26.0 Å². The highest BCUT2D eigenvalue weighted by Gasteiger charge is 2.14. The molecule has 0 radical (unpaired) electrons. The fourth-order valence-electron chi connectivity index (χ4n) is 1.91. The Morgan fingerprint density at radius 1 is 1.47 bits per heavy atom. The summed E-state index contributed by atoms with van der Waals surface area (Å²) in [5.74, 6) is -0.349. The van der Waals surface area contributed by atoms with Crippen LogP contribution in [0.15, 0.2) is 24.0 Å². The molecule has 0 saturated heterocycles. The third kappa shape index (κ3) is 1.93. The van der Waals surface area contributed by atoms with Crippen LogP contribution in [0.5, 0.6) is 0 Å².